The zero-order chi connectivity index (χ0) is 16.7. The van der Waals surface area contributed by atoms with E-state index in [0.717, 1.165) is 19.4 Å². The quantitative estimate of drug-likeness (QED) is 0.867. The lowest BCUT2D eigenvalue weighted by Gasteiger charge is -2.29. The standard InChI is InChI=1S/C17H24N4O3/c1-20-14(5-6-19-20)16(22)18-7-12-10-24-15-9-21(8-13(12)15)17(23)11-3-2-4-11/h5-6,11-13,15H,2-4,7-10H2,1H3,(H,18,22)/t12-,13+,15+/m0/s1. The highest BCUT2D eigenvalue weighted by molar-refractivity contribution is 5.92. The third-order valence-corrected chi connectivity index (χ3v) is 5.78. The minimum atomic E-state index is -0.112. The summed E-state index contributed by atoms with van der Waals surface area (Å²) in [5.41, 5.74) is 0.554. The molecule has 1 aromatic heterocycles. The van der Waals surface area contributed by atoms with Gasteiger partial charge in [-0.3, -0.25) is 14.3 Å². The van der Waals surface area contributed by atoms with Crippen LogP contribution < -0.4 is 5.32 Å². The Hall–Kier alpha value is -1.89. The number of likely N-dealkylation sites (tertiary alicyclic amines) is 1. The number of aryl methyl sites for hydroxylation is 1. The zero-order valence-corrected chi connectivity index (χ0v) is 14.0. The van der Waals surface area contributed by atoms with Crippen molar-refractivity contribution >= 4 is 11.8 Å². The highest BCUT2D eigenvalue weighted by Gasteiger charge is 2.46. The van der Waals surface area contributed by atoms with E-state index >= 15 is 0 Å². The summed E-state index contributed by atoms with van der Waals surface area (Å²) in [6.45, 7) is 2.72. The second-order valence-electron chi connectivity index (χ2n) is 7.22. The SMILES string of the molecule is Cn1nccc1C(=O)NC[C@H]1CO[C@@H]2CN(C(=O)C3CCC3)C[C@H]12. The molecule has 2 saturated heterocycles. The van der Waals surface area contributed by atoms with Gasteiger partial charge in [-0.1, -0.05) is 6.42 Å². The summed E-state index contributed by atoms with van der Waals surface area (Å²) in [4.78, 5) is 26.6. The van der Waals surface area contributed by atoms with Crippen LogP contribution in [0.2, 0.25) is 0 Å². The molecule has 1 aliphatic carbocycles. The second kappa shape index (κ2) is 6.20. The van der Waals surface area contributed by atoms with Gasteiger partial charge in [0.15, 0.2) is 0 Å². The Morgan fingerprint density at radius 1 is 1.38 bits per heavy atom. The fraction of sp³-hybridized carbons (Fsp3) is 0.706. The molecular weight excluding hydrogens is 308 g/mol. The van der Waals surface area contributed by atoms with Gasteiger partial charge >= 0.3 is 0 Å². The van der Waals surface area contributed by atoms with Crippen LogP contribution in [0.4, 0.5) is 0 Å². The number of fused-ring (bicyclic) bond motifs is 1. The van der Waals surface area contributed by atoms with Crippen LogP contribution in [0, 0.1) is 17.8 Å². The highest BCUT2D eigenvalue weighted by Crippen LogP contribution is 2.36. The first-order valence-corrected chi connectivity index (χ1v) is 8.80. The van der Waals surface area contributed by atoms with E-state index in [9.17, 15) is 9.59 Å². The molecule has 3 fully saturated rings. The van der Waals surface area contributed by atoms with E-state index in [1.54, 1.807) is 24.0 Å². The number of amides is 2. The fourth-order valence-electron chi connectivity index (χ4n) is 4.01. The predicted molar refractivity (Wildman–Crippen MR) is 86.2 cm³/mol. The average Bonchev–Trinajstić information content (AvgIpc) is 3.18. The summed E-state index contributed by atoms with van der Waals surface area (Å²) < 4.78 is 7.45. The Labute approximate surface area is 141 Å². The van der Waals surface area contributed by atoms with Crippen LogP contribution in [-0.2, 0) is 16.6 Å². The molecule has 0 unspecified atom stereocenters. The number of ether oxygens (including phenoxy) is 1. The molecule has 2 aliphatic heterocycles. The third kappa shape index (κ3) is 2.70. The van der Waals surface area contributed by atoms with Crippen molar-refractivity contribution in [3.63, 3.8) is 0 Å². The number of aromatic nitrogens is 2. The van der Waals surface area contributed by atoms with Gasteiger partial charge in [0.25, 0.3) is 5.91 Å². The summed E-state index contributed by atoms with van der Waals surface area (Å²) >= 11 is 0. The molecule has 3 aliphatic rings. The van der Waals surface area contributed by atoms with E-state index in [1.807, 2.05) is 4.90 Å². The van der Waals surface area contributed by atoms with Crippen LogP contribution in [0.5, 0.6) is 0 Å². The fourth-order valence-corrected chi connectivity index (χ4v) is 4.01. The first kappa shape index (κ1) is 15.6. The van der Waals surface area contributed by atoms with E-state index in [-0.39, 0.29) is 23.8 Å². The lowest BCUT2D eigenvalue weighted by Crippen LogP contribution is -2.39. The summed E-state index contributed by atoms with van der Waals surface area (Å²) in [6.07, 6.45) is 5.00. The molecule has 0 bridgehead atoms. The molecule has 1 N–H and O–H groups in total. The molecule has 7 heteroatoms. The zero-order valence-electron chi connectivity index (χ0n) is 14.0. The summed E-state index contributed by atoms with van der Waals surface area (Å²) in [7, 11) is 1.75. The van der Waals surface area contributed by atoms with Crippen molar-refractivity contribution in [1.29, 1.82) is 0 Å². The average molecular weight is 332 g/mol. The first-order valence-electron chi connectivity index (χ1n) is 8.80. The molecule has 4 rings (SSSR count). The number of hydrogen-bond acceptors (Lipinski definition) is 4. The number of carbonyl (C=O) groups is 2. The number of nitrogens with one attached hydrogen (secondary N) is 1. The van der Waals surface area contributed by atoms with Gasteiger partial charge in [-0.15, -0.1) is 0 Å². The van der Waals surface area contributed by atoms with Crippen molar-refractivity contribution < 1.29 is 14.3 Å². The van der Waals surface area contributed by atoms with Crippen molar-refractivity contribution in [1.82, 2.24) is 20.0 Å². The van der Waals surface area contributed by atoms with Crippen molar-refractivity contribution in [2.45, 2.75) is 25.4 Å². The third-order valence-electron chi connectivity index (χ3n) is 5.78. The second-order valence-corrected chi connectivity index (χ2v) is 7.22. The van der Waals surface area contributed by atoms with Gasteiger partial charge < -0.3 is 15.0 Å². The smallest absolute Gasteiger partial charge is 0.269 e. The minimum Gasteiger partial charge on any atom is -0.376 e. The Bertz CT molecular complexity index is 640. The Kier molecular flexibility index (Phi) is 4.04. The Morgan fingerprint density at radius 2 is 2.21 bits per heavy atom. The van der Waals surface area contributed by atoms with Crippen molar-refractivity contribution in [3.05, 3.63) is 18.0 Å². The van der Waals surface area contributed by atoms with E-state index in [0.29, 0.717) is 37.2 Å². The van der Waals surface area contributed by atoms with Gasteiger partial charge in [0.1, 0.15) is 5.69 Å². The van der Waals surface area contributed by atoms with Crippen molar-refractivity contribution in [3.8, 4) is 0 Å². The minimum absolute atomic E-state index is 0.112. The molecule has 1 saturated carbocycles. The number of carbonyl (C=O) groups excluding carboxylic acids is 2. The lowest BCUT2D eigenvalue weighted by molar-refractivity contribution is -0.137. The molecule has 130 valence electrons. The molecule has 3 heterocycles. The van der Waals surface area contributed by atoms with Crippen LogP contribution in [0.3, 0.4) is 0 Å². The van der Waals surface area contributed by atoms with Gasteiger partial charge in [-0.25, -0.2) is 0 Å². The number of hydrogen-bond donors (Lipinski definition) is 1. The maximum absolute atomic E-state index is 12.4. The Morgan fingerprint density at radius 3 is 2.88 bits per heavy atom. The van der Waals surface area contributed by atoms with Crippen LogP contribution in [0.1, 0.15) is 29.8 Å². The van der Waals surface area contributed by atoms with E-state index in [1.165, 1.54) is 6.42 Å². The maximum Gasteiger partial charge on any atom is 0.269 e. The monoisotopic (exact) mass is 332 g/mol. The largest absolute Gasteiger partial charge is 0.376 e. The summed E-state index contributed by atoms with van der Waals surface area (Å²) in [5, 5.41) is 7.00. The molecule has 1 aromatic rings. The van der Waals surface area contributed by atoms with Crippen LogP contribution in [0.15, 0.2) is 12.3 Å². The molecule has 0 spiro atoms. The van der Waals surface area contributed by atoms with Crippen LogP contribution in [0.25, 0.3) is 0 Å². The molecule has 7 nitrogen and oxygen atoms in total. The van der Waals surface area contributed by atoms with Crippen molar-refractivity contribution in [2.24, 2.45) is 24.8 Å². The highest BCUT2D eigenvalue weighted by atomic mass is 16.5. The number of nitrogens with zero attached hydrogens (tertiary/aromatic N) is 3. The molecule has 24 heavy (non-hydrogen) atoms. The first-order chi connectivity index (χ1) is 11.6. The molecule has 0 aromatic carbocycles. The van der Waals surface area contributed by atoms with Gasteiger partial charge in [0, 0.05) is 50.6 Å². The molecular formula is C17H24N4O3. The summed E-state index contributed by atoms with van der Waals surface area (Å²) in [5.74, 6) is 1.04. The Balaban J connectivity index is 1.32. The van der Waals surface area contributed by atoms with Gasteiger partial charge in [0.2, 0.25) is 5.91 Å². The van der Waals surface area contributed by atoms with Gasteiger partial charge in [-0.05, 0) is 18.9 Å². The molecule has 3 atom stereocenters. The van der Waals surface area contributed by atoms with Crippen LogP contribution in [-0.4, -0.2) is 58.8 Å². The lowest BCUT2D eigenvalue weighted by atomic mass is 9.84. The van der Waals surface area contributed by atoms with E-state index in [2.05, 4.69) is 10.4 Å². The normalized spacial score (nSPS) is 29.4. The van der Waals surface area contributed by atoms with Gasteiger partial charge in [0.05, 0.1) is 12.7 Å². The predicted octanol–water partition coefficient (Wildman–Crippen LogP) is 0.423. The molecule has 0 radical (unpaired) electrons. The number of rotatable bonds is 4. The van der Waals surface area contributed by atoms with Crippen LogP contribution >= 0.6 is 0 Å². The van der Waals surface area contributed by atoms with Gasteiger partial charge in [-0.2, -0.15) is 5.10 Å². The molecule has 2 amide bonds. The summed E-state index contributed by atoms with van der Waals surface area (Å²) in [6, 6.07) is 1.71. The van der Waals surface area contributed by atoms with E-state index in [4.69, 9.17) is 4.74 Å². The van der Waals surface area contributed by atoms with Crippen molar-refractivity contribution in [2.75, 3.05) is 26.2 Å². The van der Waals surface area contributed by atoms with E-state index < -0.39 is 0 Å². The topological polar surface area (TPSA) is 76.5 Å². The maximum atomic E-state index is 12.4.